The Labute approximate surface area is 173 Å². The summed E-state index contributed by atoms with van der Waals surface area (Å²) < 4.78 is 0. The number of piperazine rings is 1. The highest BCUT2D eigenvalue weighted by molar-refractivity contribution is 6.04. The van der Waals surface area contributed by atoms with Crippen molar-refractivity contribution in [2.24, 2.45) is 0 Å². The number of amides is 1. The van der Waals surface area contributed by atoms with Crippen molar-refractivity contribution < 1.29 is 4.79 Å². The molecule has 0 aliphatic carbocycles. The summed E-state index contributed by atoms with van der Waals surface area (Å²) in [5.74, 6) is -0.111. The van der Waals surface area contributed by atoms with Crippen molar-refractivity contribution in [3.05, 3.63) is 59.2 Å². The van der Waals surface area contributed by atoms with E-state index < -0.39 is 0 Å². The van der Waals surface area contributed by atoms with Gasteiger partial charge in [0.05, 0.1) is 0 Å². The molecule has 1 aliphatic heterocycles. The molecule has 1 aliphatic rings. The molecule has 2 aromatic carbocycles. The van der Waals surface area contributed by atoms with Crippen molar-refractivity contribution >= 4 is 42.1 Å². The number of hydrogen-bond acceptors (Lipinski definition) is 4. The van der Waals surface area contributed by atoms with Gasteiger partial charge in [0, 0.05) is 49.7 Å². The first-order valence-corrected chi connectivity index (χ1v) is 8.68. The van der Waals surface area contributed by atoms with E-state index in [9.17, 15) is 4.79 Å². The summed E-state index contributed by atoms with van der Waals surface area (Å²) >= 11 is 0. The molecule has 5 nitrogen and oxygen atoms in total. The van der Waals surface area contributed by atoms with Crippen molar-refractivity contribution in [3.8, 4) is 0 Å². The van der Waals surface area contributed by atoms with Crippen LogP contribution in [0.5, 0.6) is 0 Å². The Morgan fingerprint density at radius 1 is 1.04 bits per heavy atom. The van der Waals surface area contributed by atoms with Gasteiger partial charge in [-0.2, -0.15) is 0 Å². The average molecular weight is 411 g/mol. The topological polar surface area (TPSA) is 61.6 Å². The second kappa shape index (κ2) is 10.5. The summed E-state index contributed by atoms with van der Waals surface area (Å²) in [4.78, 5) is 17.2. The predicted octanol–water partition coefficient (Wildman–Crippen LogP) is 3.42. The first-order chi connectivity index (χ1) is 12.0. The van der Waals surface area contributed by atoms with Crippen molar-refractivity contribution in [2.45, 2.75) is 13.5 Å². The molecule has 1 saturated heterocycles. The lowest BCUT2D eigenvalue weighted by molar-refractivity contribution is 0.102. The van der Waals surface area contributed by atoms with E-state index in [-0.39, 0.29) is 30.7 Å². The third-order valence-electron chi connectivity index (χ3n) is 4.73. The van der Waals surface area contributed by atoms with E-state index in [0.29, 0.717) is 11.3 Å². The molecule has 2 aromatic rings. The number of nitrogens with zero attached hydrogens (tertiary/aromatic N) is 2. The lowest BCUT2D eigenvalue weighted by Crippen LogP contribution is -2.43. The van der Waals surface area contributed by atoms with E-state index in [2.05, 4.69) is 22.2 Å². The van der Waals surface area contributed by atoms with E-state index >= 15 is 0 Å². The van der Waals surface area contributed by atoms with Gasteiger partial charge in [-0.1, -0.05) is 18.2 Å². The van der Waals surface area contributed by atoms with Gasteiger partial charge < -0.3 is 16.0 Å². The predicted molar refractivity (Wildman–Crippen MR) is 117 cm³/mol. The number of carbonyl (C=O) groups is 1. The van der Waals surface area contributed by atoms with Crippen LogP contribution in [0.15, 0.2) is 42.5 Å². The van der Waals surface area contributed by atoms with Gasteiger partial charge in [-0.3, -0.25) is 9.69 Å². The molecular weight excluding hydrogens is 383 g/mol. The lowest BCUT2D eigenvalue weighted by Gasteiger charge is -2.32. The summed E-state index contributed by atoms with van der Waals surface area (Å²) in [5, 5.41) is 2.94. The Kier molecular flexibility index (Phi) is 9.06. The molecule has 0 saturated carbocycles. The highest BCUT2D eigenvalue weighted by Crippen LogP contribution is 2.19. The molecule has 3 rings (SSSR count). The molecule has 7 heteroatoms. The molecule has 3 N–H and O–H groups in total. The molecular formula is C20H28Cl2N4O. The molecule has 1 heterocycles. The summed E-state index contributed by atoms with van der Waals surface area (Å²) in [7, 11) is 2.16. The van der Waals surface area contributed by atoms with E-state index in [1.54, 1.807) is 6.07 Å². The second-order valence-corrected chi connectivity index (χ2v) is 6.80. The molecule has 0 bridgehead atoms. The molecule has 148 valence electrons. The van der Waals surface area contributed by atoms with Crippen LogP contribution in [0.2, 0.25) is 0 Å². The Morgan fingerprint density at radius 2 is 1.67 bits per heavy atom. The Hall–Kier alpha value is -1.79. The van der Waals surface area contributed by atoms with Crippen LogP contribution >= 0.6 is 24.8 Å². The van der Waals surface area contributed by atoms with Crippen LogP contribution in [0.3, 0.4) is 0 Å². The largest absolute Gasteiger partial charge is 0.399 e. The van der Waals surface area contributed by atoms with Crippen LogP contribution in [0.4, 0.5) is 11.4 Å². The molecule has 1 fully saturated rings. The zero-order valence-electron chi connectivity index (χ0n) is 15.8. The van der Waals surface area contributed by atoms with Gasteiger partial charge in [-0.15, -0.1) is 24.8 Å². The van der Waals surface area contributed by atoms with Crippen LogP contribution in [-0.2, 0) is 6.54 Å². The minimum absolute atomic E-state index is 0. The lowest BCUT2D eigenvalue weighted by atomic mass is 10.1. The highest BCUT2D eigenvalue weighted by atomic mass is 35.5. The number of rotatable bonds is 4. The number of nitrogens with two attached hydrogens (primary N) is 1. The van der Waals surface area contributed by atoms with E-state index in [4.69, 9.17) is 5.73 Å². The van der Waals surface area contributed by atoms with Gasteiger partial charge in [0.15, 0.2) is 0 Å². The third-order valence-corrected chi connectivity index (χ3v) is 4.73. The summed E-state index contributed by atoms with van der Waals surface area (Å²) in [5.41, 5.74) is 10.1. The van der Waals surface area contributed by atoms with Gasteiger partial charge in [0.25, 0.3) is 5.91 Å². The number of nitrogens with one attached hydrogen (secondary N) is 1. The van der Waals surface area contributed by atoms with E-state index in [1.165, 1.54) is 5.56 Å². The van der Waals surface area contributed by atoms with E-state index in [0.717, 1.165) is 44.0 Å². The normalized spacial score (nSPS) is 14.7. The standard InChI is InChI=1S/C20H26N4O.2ClH/c1-15-3-8-18(21)13-19(15)22-20(25)17-6-4-16(5-7-17)14-24-11-9-23(2)10-12-24;;/h3-8,13H,9-12,14,21H2,1-2H3,(H,22,25);2*1H. The maximum Gasteiger partial charge on any atom is 0.255 e. The number of hydrogen-bond donors (Lipinski definition) is 2. The second-order valence-electron chi connectivity index (χ2n) is 6.80. The fraction of sp³-hybridized carbons (Fsp3) is 0.350. The van der Waals surface area contributed by atoms with E-state index in [1.807, 2.05) is 43.3 Å². The van der Waals surface area contributed by atoms with Crippen LogP contribution in [0, 0.1) is 6.92 Å². The minimum atomic E-state index is -0.111. The Balaban J connectivity index is 0.00000182. The number of benzene rings is 2. The zero-order valence-corrected chi connectivity index (χ0v) is 17.4. The number of nitrogen functional groups attached to an aromatic ring is 1. The summed E-state index contributed by atoms with van der Waals surface area (Å²) in [6.45, 7) is 7.29. The Morgan fingerprint density at radius 3 is 2.30 bits per heavy atom. The van der Waals surface area contributed by atoms with Crippen molar-refractivity contribution in [2.75, 3.05) is 44.3 Å². The van der Waals surface area contributed by atoms with Crippen LogP contribution in [0.25, 0.3) is 0 Å². The third kappa shape index (κ3) is 6.40. The molecule has 0 unspecified atom stereocenters. The monoisotopic (exact) mass is 410 g/mol. The first-order valence-electron chi connectivity index (χ1n) is 8.68. The number of carbonyl (C=O) groups excluding carboxylic acids is 1. The highest BCUT2D eigenvalue weighted by Gasteiger charge is 2.14. The maximum absolute atomic E-state index is 12.4. The van der Waals surface area contributed by atoms with Crippen molar-refractivity contribution in [3.63, 3.8) is 0 Å². The summed E-state index contributed by atoms with van der Waals surface area (Å²) in [6, 6.07) is 13.4. The summed E-state index contributed by atoms with van der Waals surface area (Å²) in [6.07, 6.45) is 0. The molecule has 1 amide bonds. The van der Waals surface area contributed by atoms with Crippen LogP contribution in [-0.4, -0.2) is 48.9 Å². The number of halogens is 2. The van der Waals surface area contributed by atoms with Gasteiger partial charge >= 0.3 is 0 Å². The fourth-order valence-corrected chi connectivity index (χ4v) is 2.99. The molecule has 0 atom stereocenters. The Bertz CT molecular complexity index is 744. The van der Waals surface area contributed by atoms with Gasteiger partial charge in [0.1, 0.15) is 0 Å². The molecule has 27 heavy (non-hydrogen) atoms. The number of anilines is 2. The molecule has 0 aromatic heterocycles. The van der Waals surface area contributed by atoms with Crippen molar-refractivity contribution in [1.29, 1.82) is 0 Å². The number of likely N-dealkylation sites (N-methyl/N-ethyl adjacent to an activating group) is 1. The maximum atomic E-state index is 12.4. The average Bonchev–Trinajstić information content (AvgIpc) is 2.61. The van der Waals surface area contributed by atoms with Crippen LogP contribution in [0.1, 0.15) is 21.5 Å². The molecule has 0 spiro atoms. The van der Waals surface area contributed by atoms with Gasteiger partial charge in [-0.25, -0.2) is 0 Å². The molecule has 0 radical (unpaired) electrons. The quantitative estimate of drug-likeness (QED) is 0.757. The zero-order chi connectivity index (χ0) is 17.8. The van der Waals surface area contributed by atoms with Gasteiger partial charge in [-0.05, 0) is 49.4 Å². The van der Waals surface area contributed by atoms with Gasteiger partial charge in [0.2, 0.25) is 0 Å². The fourth-order valence-electron chi connectivity index (χ4n) is 2.99. The van der Waals surface area contributed by atoms with Crippen molar-refractivity contribution in [1.82, 2.24) is 9.80 Å². The minimum Gasteiger partial charge on any atom is -0.399 e. The smallest absolute Gasteiger partial charge is 0.255 e. The SMILES string of the molecule is Cc1ccc(N)cc1NC(=O)c1ccc(CN2CCN(C)CC2)cc1.Cl.Cl. The first kappa shape index (κ1) is 23.2. The number of aryl methyl sites for hydroxylation is 1. The van der Waals surface area contributed by atoms with Crippen LogP contribution < -0.4 is 11.1 Å².